The van der Waals surface area contributed by atoms with Crippen LogP contribution in [0.3, 0.4) is 0 Å². The first-order chi connectivity index (χ1) is 15.1. The highest BCUT2D eigenvalue weighted by molar-refractivity contribution is 5.38. The summed E-state index contributed by atoms with van der Waals surface area (Å²) >= 11 is 0. The monoisotopic (exact) mass is 460 g/mol. The van der Waals surface area contributed by atoms with Crippen molar-refractivity contribution in [1.82, 2.24) is 0 Å². The van der Waals surface area contributed by atoms with Crippen LogP contribution in [0.2, 0.25) is 0 Å². The van der Waals surface area contributed by atoms with Crippen molar-refractivity contribution in [2.75, 3.05) is 0 Å². The molecule has 0 aromatic heterocycles. The summed E-state index contributed by atoms with van der Waals surface area (Å²) in [7, 11) is 0. The van der Waals surface area contributed by atoms with Gasteiger partial charge < -0.3 is 14.9 Å². The van der Waals surface area contributed by atoms with Crippen LogP contribution in [-0.2, 0) is 4.74 Å². The molecule has 2 N–H and O–H groups in total. The number of epoxide rings is 1. The van der Waals surface area contributed by atoms with Gasteiger partial charge in [-0.05, 0) is 100 Å². The van der Waals surface area contributed by atoms with E-state index in [1.807, 2.05) is 13.8 Å². The first-order valence-corrected chi connectivity index (χ1v) is 14.2. The molecule has 0 bridgehead atoms. The molecular weight excluding hydrogens is 408 g/mol. The van der Waals surface area contributed by atoms with Crippen molar-refractivity contribution in [2.24, 2.45) is 39.4 Å². The first kappa shape index (κ1) is 24.6. The molecule has 33 heavy (non-hydrogen) atoms. The van der Waals surface area contributed by atoms with Crippen LogP contribution in [0.15, 0.2) is 0 Å². The van der Waals surface area contributed by atoms with Gasteiger partial charge in [-0.1, -0.05) is 54.4 Å². The fraction of sp³-hybridized carbons (Fsp3) is 1.00. The number of aliphatic hydroxyl groups excluding tert-OH is 1. The summed E-state index contributed by atoms with van der Waals surface area (Å²) in [4.78, 5) is 0. The number of hydrogen-bond donors (Lipinski definition) is 2. The minimum absolute atomic E-state index is 0.0191. The number of ether oxygens (including phenoxy) is 1. The van der Waals surface area contributed by atoms with Crippen LogP contribution >= 0.6 is 0 Å². The second kappa shape index (κ2) is 7.00. The third-order valence-electron chi connectivity index (χ3n) is 13.2. The van der Waals surface area contributed by atoms with E-state index in [-0.39, 0.29) is 33.6 Å². The Hall–Kier alpha value is -0.120. The maximum Gasteiger partial charge on any atom is 0.104 e. The Labute approximate surface area is 203 Å². The lowest BCUT2D eigenvalue weighted by Gasteiger charge is -2.64. The number of aliphatic hydroxyl groups is 2. The van der Waals surface area contributed by atoms with Crippen molar-refractivity contribution in [1.29, 1.82) is 0 Å². The zero-order valence-electron chi connectivity index (χ0n) is 22.9. The quantitative estimate of drug-likeness (QED) is 0.439. The van der Waals surface area contributed by atoms with E-state index in [9.17, 15) is 10.2 Å². The van der Waals surface area contributed by atoms with Gasteiger partial charge in [0.25, 0.3) is 0 Å². The predicted octanol–water partition coefficient (Wildman–Crippen LogP) is 6.89. The minimum atomic E-state index is -0.547. The van der Waals surface area contributed by atoms with Crippen molar-refractivity contribution in [2.45, 2.75) is 149 Å². The van der Waals surface area contributed by atoms with Crippen LogP contribution < -0.4 is 0 Å². The second-order valence-corrected chi connectivity index (χ2v) is 15.2. The zero-order chi connectivity index (χ0) is 24.3. The summed E-state index contributed by atoms with van der Waals surface area (Å²) in [5.41, 5.74) is 0.305. The Kier molecular flexibility index (Phi) is 5.21. The van der Waals surface area contributed by atoms with Gasteiger partial charge in [0, 0.05) is 10.8 Å². The maximum atomic E-state index is 10.9. The van der Waals surface area contributed by atoms with Gasteiger partial charge in [-0.25, -0.2) is 0 Å². The molecule has 190 valence electrons. The molecule has 5 aliphatic rings. The molecule has 0 aromatic rings. The molecular formula is C30H52O3. The van der Waals surface area contributed by atoms with Gasteiger partial charge in [0.05, 0.1) is 11.7 Å². The van der Waals surface area contributed by atoms with Crippen LogP contribution in [0.5, 0.6) is 0 Å². The zero-order valence-corrected chi connectivity index (χ0v) is 22.9. The van der Waals surface area contributed by atoms with E-state index in [0.717, 1.165) is 31.6 Å². The fourth-order valence-corrected chi connectivity index (χ4v) is 11.0. The molecule has 3 heteroatoms. The highest BCUT2D eigenvalue weighted by Crippen LogP contribution is 2.86. The molecule has 1 heterocycles. The predicted molar refractivity (Wildman–Crippen MR) is 134 cm³/mol. The Bertz CT molecular complexity index is 799. The normalized spacial score (nSPS) is 53.5. The summed E-state index contributed by atoms with van der Waals surface area (Å²) < 4.78 is 7.24. The molecule has 4 aliphatic carbocycles. The molecule has 0 aromatic carbocycles. The van der Waals surface area contributed by atoms with E-state index in [1.54, 1.807) is 0 Å². The van der Waals surface area contributed by atoms with Gasteiger partial charge in [-0.3, -0.25) is 0 Å². The van der Waals surface area contributed by atoms with Gasteiger partial charge in [0.15, 0.2) is 0 Å². The van der Waals surface area contributed by atoms with Crippen LogP contribution in [0.4, 0.5) is 0 Å². The topological polar surface area (TPSA) is 53.0 Å². The fourth-order valence-electron chi connectivity index (χ4n) is 11.0. The lowest BCUT2D eigenvalue weighted by molar-refractivity contribution is -0.158. The van der Waals surface area contributed by atoms with Crippen molar-refractivity contribution < 1.29 is 14.9 Å². The Morgan fingerprint density at radius 2 is 1.58 bits per heavy atom. The smallest absolute Gasteiger partial charge is 0.104 e. The van der Waals surface area contributed by atoms with Crippen molar-refractivity contribution in [3.8, 4) is 0 Å². The molecule has 9 atom stereocenters. The van der Waals surface area contributed by atoms with Crippen LogP contribution in [0, 0.1) is 39.4 Å². The highest BCUT2D eigenvalue weighted by Gasteiger charge is 2.90. The summed E-state index contributed by atoms with van der Waals surface area (Å²) in [6.07, 6.45) is 12.7. The van der Waals surface area contributed by atoms with Gasteiger partial charge in [-0.15, -0.1) is 0 Å². The molecule has 0 radical (unpaired) electrons. The maximum absolute atomic E-state index is 10.9. The average molecular weight is 461 g/mol. The van der Waals surface area contributed by atoms with E-state index in [2.05, 4.69) is 41.5 Å². The van der Waals surface area contributed by atoms with E-state index in [1.165, 1.54) is 44.9 Å². The largest absolute Gasteiger partial charge is 0.393 e. The molecule has 3 nitrogen and oxygen atoms in total. The summed E-state index contributed by atoms with van der Waals surface area (Å²) in [5.74, 6) is 2.02. The van der Waals surface area contributed by atoms with E-state index in [4.69, 9.17) is 4.74 Å². The number of rotatable bonds is 5. The summed E-state index contributed by atoms with van der Waals surface area (Å²) in [6.45, 7) is 18.8. The van der Waals surface area contributed by atoms with Crippen LogP contribution in [0.1, 0.15) is 126 Å². The third kappa shape index (κ3) is 2.85. The SMILES string of the molecule is C[C@H](CCCC(C)(C)O)[C@H]1CC[C@@]2(C)[C@@]34CC[C@H]5C(C)(C)[C@@H](O)CC[C@]5(C)[C@]3(CC[C@]12C)O4. The number of fused-ring (bicyclic) bond motifs is 2. The van der Waals surface area contributed by atoms with E-state index < -0.39 is 5.60 Å². The van der Waals surface area contributed by atoms with Crippen molar-refractivity contribution in [3.05, 3.63) is 0 Å². The highest BCUT2D eigenvalue weighted by atomic mass is 16.6. The van der Waals surface area contributed by atoms with Crippen molar-refractivity contribution >= 4 is 0 Å². The van der Waals surface area contributed by atoms with Crippen LogP contribution in [-0.4, -0.2) is 33.1 Å². The standard InChI is InChI=1S/C30H52O3/c1-20(10-9-14-24(2,3)32)21-11-16-28(8)26(21,6)18-19-29-27(7)15-13-23(31)25(4,5)22(27)12-17-30(28,29)33-29/h20-23,31-32H,9-19H2,1-8H3/t20-,21-,22+,23+,26-,27+,28-,29+,30+/m1/s1. The molecule has 0 amide bonds. The molecule has 0 unspecified atom stereocenters. The second-order valence-electron chi connectivity index (χ2n) is 15.2. The van der Waals surface area contributed by atoms with E-state index >= 15 is 0 Å². The first-order valence-electron chi connectivity index (χ1n) is 14.2. The molecule has 1 saturated heterocycles. The Morgan fingerprint density at radius 1 is 0.879 bits per heavy atom. The lowest BCUT2D eigenvalue weighted by atomic mass is 9.38. The van der Waals surface area contributed by atoms with Gasteiger partial charge in [0.1, 0.15) is 11.2 Å². The molecule has 4 saturated carbocycles. The third-order valence-corrected chi connectivity index (χ3v) is 13.2. The lowest BCUT2D eigenvalue weighted by Crippen LogP contribution is -2.66. The summed E-state index contributed by atoms with van der Waals surface area (Å²) in [5, 5.41) is 21.1. The molecule has 1 aliphatic heterocycles. The average Bonchev–Trinajstić information content (AvgIpc) is 3.33. The molecule has 5 fully saturated rings. The molecule has 5 rings (SSSR count). The van der Waals surface area contributed by atoms with Crippen molar-refractivity contribution in [3.63, 3.8) is 0 Å². The van der Waals surface area contributed by atoms with Gasteiger partial charge in [0.2, 0.25) is 0 Å². The van der Waals surface area contributed by atoms with Crippen LogP contribution in [0.25, 0.3) is 0 Å². The molecule has 0 spiro atoms. The summed E-state index contributed by atoms with van der Waals surface area (Å²) in [6, 6.07) is 0. The van der Waals surface area contributed by atoms with E-state index in [0.29, 0.717) is 17.3 Å². The van der Waals surface area contributed by atoms with Gasteiger partial charge >= 0.3 is 0 Å². The Morgan fingerprint density at radius 3 is 2.24 bits per heavy atom. The van der Waals surface area contributed by atoms with Gasteiger partial charge in [-0.2, -0.15) is 0 Å². The Balaban J connectivity index is 1.41. The number of hydrogen-bond acceptors (Lipinski definition) is 3. The minimum Gasteiger partial charge on any atom is -0.393 e.